The van der Waals surface area contributed by atoms with Crippen LogP contribution in [0.2, 0.25) is 0 Å². The Balaban J connectivity index is 2.01. The lowest BCUT2D eigenvalue weighted by Gasteiger charge is -2.49. The van der Waals surface area contributed by atoms with Crippen molar-refractivity contribution in [1.29, 1.82) is 0 Å². The molecule has 0 aromatic carbocycles. The first-order valence-electron chi connectivity index (χ1n) is 5.09. The van der Waals surface area contributed by atoms with Gasteiger partial charge < -0.3 is 10.2 Å². The van der Waals surface area contributed by atoms with Crippen molar-refractivity contribution in [3.63, 3.8) is 0 Å². The summed E-state index contributed by atoms with van der Waals surface area (Å²) in [6.45, 7) is 0. The van der Waals surface area contributed by atoms with E-state index in [9.17, 15) is 10.2 Å². The molecule has 4 aliphatic rings. The molecule has 0 amide bonds. The van der Waals surface area contributed by atoms with E-state index in [1.807, 2.05) is 0 Å². The molecule has 2 nitrogen and oxygen atoms in total. The van der Waals surface area contributed by atoms with Crippen LogP contribution in [0.15, 0.2) is 0 Å². The summed E-state index contributed by atoms with van der Waals surface area (Å²) < 4.78 is 0. The van der Waals surface area contributed by atoms with Crippen LogP contribution in [0.1, 0.15) is 32.1 Å². The van der Waals surface area contributed by atoms with Gasteiger partial charge in [0.25, 0.3) is 0 Å². The van der Waals surface area contributed by atoms with Crippen LogP contribution in [-0.4, -0.2) is 21.9 Å². The summed E-state index contributed by atoms with van der Waals surface area (Å²) in [6.07, 6.45) is 5.07. The third-order valence-corrected chi connectivity index (χ3v) is 4.34. The molecule has 0 heterocycles. The van der Waals surface area contributed by atoms with Crippen molar-refractivity contribution in [1.82, 2.24) is 0 Å². The van der Waals surface area contributed by atoms with E-state index in [0.29, 0.717) is 11.8 Å². The predicted molar refractivity (Wildman–Crippen MR) is 44.5 cm³/mol. The van der Waals surface area contributed by atoms with E-state index >= 15 is 0 Å². The Morgan fingerprint density at radius 3 is 2.67 bits per heavy atom. The monoisotopic (exact) mass is 168 g/mol. The van der Waals surface area contributed by atoms with Gasteiger partial charge in [-0.3, -0.25) is 0 Å². The van der Waals surface area contributed by atoms with Gasteiger partial charge in [0.15, 0.2) is 0 Å². The van der Waals surface area contributed by atoms with Crippen molar-refractivity contribution in [2.45, 2.75) is 43.8 Å². The number of aliphatic hydroxyl groups excluding tert-OH is 1. The lowest BCUT2D eigenvalue weighted by Crippen LogP contribution is -2.53. The highest BCUT2D eigenvalue weighted by Crippen LogP contribution is 2.58. The van der Waals surface area contributed by atoms with Crippen molar-refractivity contribution in [3.05, 3.63) is 0 Å². The first-order chi connectivity index (χ1) is 5.69. The lowest BCUT2D eigenvalue weighted by atomic mass is 9.60. The second-order valence-electron chi connectivity index (χ2n) is 5.04. The fraction of sp³-hybridized carbons (Fsp3) is 1.00. The minimum atomic E-state index is -0.467. The Hall–Kier alpha value is -0.0800. The van der Waals surface area contributed by atoms with E-state index in [-0.39, 0.29) is 12.0 Å². The maximum Gasteiger partial charge on any atom is 0.0705 e. The molecule has 5 atom stereocenters. The van der Waals surface area contributed by atoms with E-state index in [0.717, 1.165) is 25.7 Å². The quantitative estimate of drug-likeness (QED) is 0.564. The number of hydrogen-bond donors (Lipinski definition) is 2. The van der Waals surface area contributed by atoms with Crippen molar-refractivity contribution >= 4 is 0 Å². The SMILES string of the molecule is OC1CC2CC3CCC(O)(C2)C13. The molecule has 4 fully saturated rings. The summed E-state index contributed by atoms with van der Waals surface area (Å²) in [5.41, 5.74) is -0.467. The van der Waals surface area contributed by atoms with Gasteiger partial charge in [-0.25, -0.2) is 0 Å². The Labute approximate surface area is 72.6 Å². The Bertz CT molecular complexity index is 216. The van der Waals surface area contributed by atoms with E-state index in [4.69, 9.17) is 0 Å². The summed E-state index contributed by atoms with van der Waals surface area (Å²) in [4.78, 5) is 0. The fourth-order valence-electron chi connectivity index (χ4n) is 4.07. The summed E-state index contributed by atoms with van der Waals surface area (Å²) in [7, 11) is 0. The number of rotatable bonds is 0. The van der Waals surface area contributed by atoms with E-state index in [1.165, 1.54) is 6.42 Å². The smallest absolute Gasteiger partial charge is 0.0705 e. The van der Waals surface area contributed by atoms with Crippen molar-refractivity contribution < 1.29 is 10.2 Å². The highest BCUT2D eigenvalue weighted by molar-refractivity contribution is 5.09. The fourth-order valence-corrected chi connectivity index (χ4v) is 4.07. The number of aliphatic hydroxyl groups is 2. The molecule has 12 heavy (non-hydrogen) atoms. The van der Waals surface area contributed by atoms with E-state index in [1.54, 1.807) is 0 Å². The van der Waals surface area contributed by atoms with Gasteiger partial charge in [0, 0.05) is 5.92 Å². The minimum Gasteiger partial charge on any atom is -0.393 e. The molecule has 0 aromatic heterocycles. The number of fused-ring (bicyclic) bond motifs is 1. The average Bonchev–Trinajstić information content (AvgIpc) is 2.22. The highest BCUT2D eigenvalue weighted by Gasteiger charge is 2.58. The van der Waals surface area contributed by atoms with Crippen LogP contribution in [0.3, 0.4) is 0 Å². The first-order valence-corrected chi connectivity index (χ1v) is 5.09. The van der Waals surface area contributed by atoms with Gasteiger partial charge in [-0.1, -0.05) is 0 Å². The zero-order chi connectivity index (χ0) is 8.34. The van der Waals surface area contributed by atoms with Crippen LogP contribution in [0.5, 0.6) is 0 Å². The standard InChI is InChI=1S/C10H16O2/c11-8-4-6-3-7-1-2-10(12,5-6)9(7)8/h6-9,11-12H,1-5H2. The molecule has 5 unspecified atom stereocenters. The summed E-state index contributed by atoms with van der Waals surface area (Å²) >= 11 is 0. The largest absolute Gasteiger partial charge is 0.393 e. The van der Waals surface area contributed by atoms with Crippen LogP contribution in [0.4, 0.5) is 0 Å². The minimum absolute atomic E-state index is 0.199. The van der Waals surface area contributed by atoms with Gasteiger partial charge in [0.05, 0.1) is 11.7 Å². The first kappa shape index (κ1) is 7.34. The average molecular weight is 168 g/mol. The van der Waals surface area contributed by atoms with Crippen molar-refractivity contribution in [2.75, 3.05) is 0 Å². The number of hydrogen-bond acceptors (Lipinski definition) is 2. The third-order valence-electron chi connectivity index (χ3n) is 4.34. The molecule has 4 bridgehead atoms. The molecular weight excluding hydrogens is 152 g/mol. The molecule has 2 heteroatoms. The van der Waals surface area contributed by atoms with Crippen LogP contribution in [0.25, 0.3) is 0 Å². The van der Waals surface area contributed by atoms with Crippen molar-refractivity contribution in [3.8, 4) is 0 Å². The van der Waals surface area contributed by atoms with Gasteiger partial charge in [-0.05, 0) is 43.9 Å². The summed E-state index contributed by atoms with van der Waals surface area (Å²) in [5.74, 6) is 1.47. The van der Waals surface area contributed by atoms with E-state index < -0.39 is 5.60 Å². The summed E-state index contributed by atoms with van der Waals surface area (Å²) in [5, 5.41) is 20.0. The molecule has 0 aliphatic heterocycles. The van der Waals surface area contributed by atoms with Gasteiger partial charge in [-0.15, -0.1) is 0 Å². The van der Waals surface area contributed by atoms with Crippen LogP contribution >= 0.6 is 0 Å². The Morgan fingerprint density at radius 2 is 2.08 bits per heavy atom. The highest BCUT2D eigenvalue weighted by atomic mass is 16.3. The second-order valence-corrected chi connectivity index (χ2v) is 5.04. The van der Waals surface area contributed by atoms with Gasteiger partial charge >= 0.3 is 0 Å². The second kappa shape index (κ2) is 2.05. The summed E-state index contributed by atoms with van der Waals surface area (Å²) in [6, 6.07) is 0. The molecule has 4 saturated carbocycles. The topological polar surface area (TPSA) is 40.5 Å². The lowest BCUT2D eigenvalue weighted by molar-refractivity contribution is -0.145. The van der Waals surface area contributed by atoms with Crippen LogP contribution in [0, 0.1) is 17.8 Å². The van der Waals surface area contributed by atoms with Crippen LogP contribution < -0.4 is 0 Å². The molecule has 68 valence electrons. The normalized spacial score (nSPS) is 62.5. The molecule has 2 N–H and O–H groups in total. The zero-order valence-electron chi connectivity index (χ0n) is 7.24. The van der Waals surface area contributed by atoms with Gasteiger partial charge in [0.1, 0.15) is 0 Å². The molecule has 4 aliphatic carbocycles. The Morgan fingerprint density at radius 1 is 1.25 bits per heavy atom. The molecular formula is C10H16O2. The third kappa shape index (κ3) is 0.728. The molecule has 4 rings (SSSR count). The van der Waals surface area contributed by atoms with Crippen LogP contribution in [-0.2, 0) is 0 Å². The molecule has 0 aromatic rings. The molecule has 0 radical (unpaired) electrons. The maximum absolute atomic E-state index is 10.2. The van der Waals surface area contributed by atoms with E-state index in [2.05, 4.69) is 0 Å². The maximum atomic E-state index is 10.2. The predicted octanol–water partition coefficient (Wildman–Crippen LogP) is 0.918. The van der Waals surface area contributed by atoms with Gasteiger partial charge in [0.2, 0.25) is 0 Å². The van der Waals surface area contributed by atoms with Gasteiger partial charge in [-0.2, -0.15) is 0 Å². The Kier molecular flexibility index (Phi) is 1.25. The van der Waals surface area contributed by atoms with Crippen molar-refractivity contribution in [2.24, 2.45) is 17.8 Å². The molecule has 0 spiro atoms. The molecule has 0 saturated heterocycles. The zero-order valence-corrected chi connectivity index (χ0v) is 7.24.